The van der Waals surface area contributed by atoms with Gasteiger partial charge in [0.25, 0.3) is 0 Å². The van der Waals surface area contributed by atoms with Gasteiger partial charge in [0.1, 0.15) is 0 Å². The molecule has 1 N–H and O–H groups in total. The average molecular weight is 558 g/mol. The van der Waals surface area contributed by atoms with Crippen LogP contribution in [-0.4, -0.2) is 70.5 Å². The van der Waals surface area contributed by atoms with Gasteiger partial charge in [0.15, 0.2) is 11.6 Å². The molecule has 0 spiro atoms. The number of hydrogen-bond donors (Lipinski definition) is 1. The lowest BCUT2D eigenvalue weighted by molar-refractivity contribution is -0.122. The molecule has 0 aliphatic carbocycles. The van der Waals surface area contributed by atoms with E-state index in [-0.39, 0.29) is 23.3 Å². The van der Waals surface area contributed by atoms with Gasteiger partial charge in [-0.1, -0.05) is 96.2 Å². The third kappa shape index (κ3) is 7.44. The van der Waals surface area contributed by atoms with Crippen LogP contribution in [0.2, 0.25) is 0 Å². The van der Waals surface area contributed by atoms with E-state index in [4.69, 9.17) is 4.99 Å². The van der Waals surface area contributed by atoms with E-state index in [0.717, 1.165) is 35.6 Å². The van der Waals surface area contributed by atoms with E-state index >= 15 is 0 Å². The molecule has 0 radical (unpaired) electrons. The Kier molecular flexibility index (Phi) is 10.9. The van der Waals surface area contributed by atoms with E-state index in [1.54, 1.807) is 17.9 Å². The van der Waals surface area contributed by atoms with Crippen molar-refractivity contribution in [1.82, 2.24) is 14.7 Å². The Balaban J connectivity index is 0.00000147. The third-order valence-electron chi connectivity index (χ3n) is 7.36. The standard InChI is InChI=1S/C31H39N5O2.C3H8/c1-7-22(19-32)24(13-10-17-35-18-16-23-11-8-9-12-25(23)28(35)21(2)37)26-14-15-27-29(33-26)34(6)30(38)36(27)20-31(3,4)5;1-3-2/h7-13,15,26,28,30,38H,1,14,16-18,20H2,2-6H3;3H2,1-2H3/b13-10+,24-22-;. The maximum absolute atomic E-state index is 12.6. The number of dihydropyridines is 1. The number of hydrogen-bond acceptors (Lipinski definition) is 7. The number of rotatable bonds is 7. The van der Waals surface area contributed by atoms with Gasteiger partial charge in [-0.05, 0) is 41.9 Å². The Labute approximate surface area is 246 Å². The molecular weight excluding hydrogens is 510 g/mol. The summed E-state index contributed by atoms with van der Waals surface area (Å²) in [5.74, 6) is 0.860. The number of Topliss-reactive ketones (excluding diaryl/α,β-unsaturated/α-hetero) is 1. The number of nitriles is 1. The molecule has 1 aromatic rings. The molecule has 4 rings (SSSR count). The Morgan fingerprint density at radius 3 is 2.56 bits per heavy atom. The highest BCUT2D eigenvalue weighted by Gasteiger charge is 2.40. The van der Waals surface area contributed by atoms with Crippen molar-refractivity contribution in [2.45, 2.75) is 79.2 Å². The highest BCUT2D eigenvalue weighted by molar-refractivity contribution is 6.00. The molecule has 1 aromatic carbocycles. The van der Waals surface area contributed by atoms with Crippen LogP contribution in [0.15, 0.2) is 77.0 Å². The summed E-state index contributed by atoms with van der Waals surface area (Å²) in [7, 11) is 1.84. The summed E-state index contributed by atoms with van der Waals surface area (Å²) in [6.07, 6.45) is 9.67. The summed E-state index contributed by atoms with van der Waals surface area (Å²) >= 11 is 0. The highest BCUT2D eigenvalue weighted by Crippen LogP contribution is 2.34. The van der Waals surface area contributed by atoms with Gasteiger partial charge >= 0.3 is 0 Å². The van der Waals surface area contributed by atoms with Crippen LogP contribution in [0.25, 0.3) is 0 Å². The summed E-state index contributed by atoms with van der Waals surface area (Å²) in [6, 6.07) is 9.90. The van der Waals surface area contributed by atoms with Crippen LogP contribution < -0.4 is 0 Å². The van der Waals surface area contributed by atoms with Gasteiger partial charge in [0.05, 0.1) is 29.4 Å². The molecule has 3 atom stereocenters. The molecule has 3 aliphatic heterocycles. The number of aliphatic hydroxyl groups is 1. The summed E-state index contributed by atoms with van der Waals surface area (Å²) in [5, 5.41) is 20.8. The number of carbonyl (C=O) groups is 1. The average Bonchev–Trinajstić information content (AvgIpc) is 3.16. The van der Waals surface area contributed by atoms with Crippen molar-refractivity contribution in [3.05, 3.63) is 83.1 Å². The topological polar surface area (TPSA) is 83.2 Å². The van der Waals surface area contributed by atoms with Crippen LogP contribution in [0, 0.1) is 16.7 Å². The molecule has 3 heterocycles. The van der Waals surface area contributed by atoms with E-state index in [0.29, 0.717) is 25.1 Å². The minimum absolute atomic E-state index is 0.00623. The summed E-state index contributed by atoms with van der Waals surface area (Å²) in [5.41, 5.74) is 4.52. The molecule has 3 unspecified atom stereocenters. The zero-order chi connectivity index (χ0) is 30.3. The summed E-state index contributed by atoms with van der Waals surface area (Å²) in [4.78, 5) is 23.6. The Morgan fingerprint density at radius 2 is 1.95 bits per heavy atom. The van der Waals surface area contributed by atoms with Gasteiger partial charge in [-0.15, -0.1) is 0 Å². The number of aliphatic hydroxyl groups excluding tert-OH is 1. The first kappa shape index (κ1) is 32.0. The number of likely N-dealkylation sites (N-methyl/N-ethyl adjacent to an activating group) is 1. The number of allylic oxidation sites excluding steroid dienone is 2. The number of carbonyl (C=O) groups excluding carboxylic acids is 1. The minimum Gasteiger partial charge on any atom is -0.356 e. The molecule has 7 heteroatoms. The predicted molar refractivity (Wildman–Crippen MR) is 167 cm³/mol. The van der Waals surface area contributed by atoms with Crippen LogP contribution >= 0.6 is 0 Å². The van der Waals surface area contributed by atoms with E-state index < -0.39 is 6.35 Å². The van der Waals surface area contributed by atoms with Gasteiger partial charge in [-0.25, -0.2) is 0 Å². The molecule has 0 saturated carbocycles. The molecule has 3 aliphatic rings. The molecular formula is C34H47N5O2. The van der Waals surface area contributed by atoms with Gasteiger partial charge in [-0.2, -0.15) is 5.26 Å². The molecule has 1 saturated heterocycles. The second-order valence-corrected chi connectivity index (χ2v) is 12.2. The smallest absolute Gasteiger partial charge is 0.208 e. The van der Waals surface area contributed by atoms with E-state index in [2.05, 4.69) is 64.3 Å². The number of benzene rings is 1. The monoisotopic (exact) mass is 557 g/mol. The Morgan fingerprint density at radius 1 is 1.27 bits per heavy atom. The van der Waals surface area contributed by atoms with Crippen molar-refractivity contribution < 1.29 is 9.90 Å². The fraction of sp³-hybridized carbons (Fsp3) is 0.500. The molecule has 0 amide bonds. The highest BCUT2D eigenvalue weighted by atomic mass is 16.3. The van der Waals surface area contributed by atoms with Gasteiger partial charge in [0.2, 0.25) is 6.35 Å². The molecule has 0 bridgehead atoms. The lowest BCUT2D eigenvalue weighted by Crippen LogP contribution is -2.40. The zero-order valence-electron chi connectivity index (χ0n) is 25.9. The van der Waals surface area contributed by atoms with E-state index in [1.165, 1.54) is 12.0 Å². The number of aliphatic imine (C=N–C) groups is 1. The Bertz CT molecular complexity index is 1280. The maximum Gasteiger partial charge on any atom is 0.208 e. The SMILES string of the molecule is C=C/C(C#N)=C(\C=C\CN1CCc2ccccc2C1C(C)=O)C1CC=C2C(=N1)N(C)C(O)N2CC(C)(C)C.CCC. The van der Waals surface area contributed by atoms with Crippen molar-refractivity contribution in [2.75, 3.05) is 26.7 Å². The maximum atomic E-state index is 12.6. The first-order valence-corrected chi connectivity index (χ1v) is 14.7. The Hall–Kier alpha value is -3.47. The number of nitrogens with zero attached hydrogens (tertiary/aromatic N) is 5. The van der Waals surface area contributed by atoms with Crippen molar-refractivity contribution in [1.29, 1.82) is 5.26 Å². The number of fused-ring (bicyclic) bond motifs is 2. The molecule has 41 heavy (non-hydrogen) atoms. The lowest BCUT2D eigenvalue weighted by Gasteiger charge is -2.35. The molecule has 220 valence electrons. The quantitative estimate of drug-likeness (QED) is 0.338. The van der Waals surface area contributed by atoms with Crippen LogP contribution in [0.1, 0.15) is 71.6 Å². The number of amidine groups is 1. The fourth-order valence-electron chi connectivity index (χ4n) is 5.63. The van der Waals surface area contributed by atoms with Crippen molar-refractivity contribution in [3.63, 3.8) is 0 Å². The van der Waals surface area contributed by atoms with E-state index in [9.17, 15) is 15.2 Å². The van der Waals surface area contributed by atoms with Gasteiger partial charge in [-0.3, -0.25) is 14.7 Å². The number of ketones is 1. The first-order valence-electron chi connectivity index (χ1n) is 14.7. The lowest BCUT2D eigenvalue weighted by atomic mass is 9.90. The van der Waals surface area contributed by atoms with Crippen LogP contribution in [-0.2, 0) is 11.2 Å². The third-order valence-corrected chi connectivity index (χ3v) is 7.36. The van der Waals surface area contributed by atoms with Crippen LogP contribution in [0.5, 0.6) is 0 Å². The second kappa shape index (κ2) is 13.9. The molecule has 0 aromatic heterocycles. The minimum atomic E-state index is -0.777. The first-order chi connectivity index (χ1) is 19.5. The van der Waals surface area contributed by atoms with Gasteiger partial charge in [0, 0.05) is 26.7 Å². The zero-order valence-corrected chi connectivity index (χ0v) is 25.9. The largest absolute Gasteiger partial charge is 0.356 e. The fourth-order valence-corrected chi connectivity index (χ4v) is 5.63. The van der Waals surface area contributed by atoms with E-state index in [1.807, 2.05) is 42.3 Å². The van der Waals surface area contributed by atoms with Crippen molar-refractivity contribution in [2.24, 2.45) is 10.4 Å². The second-order valence-electron chi connectivity index (χ2n) is 12.2. The van der Waals surface area contributed by atoms with Crippen LogP contribution in [0.3, 0.4) is 0 Å². The van der Waals surface area contributed by atoms with Crippen molar-refractivity contribution >= 4 is 11.6 Å². The summed E-state index contributed by atoms with van der Waals surface area (Å²) < 4.78 is 0. The predicted octanol–water partition coefficient (Wildman–Crippen LogP) is 5.78. The van der Waals surface area contributed by atoms with Gasteiger partial charge < -0.3 is 14.9 Å². The normalized spacial score (nSPS) is 23.0. The molecule has 7 nitrogen and oxygen atoms in total. The molecule has 1 fully saturated rings. The van der Waals surface area contributed by atoms with Crippen molar-refractivity contribution in [3.8, 4) is 6.07 Å². The van der Waals surface area contributed by atoms with Crippen LogP contribution in [0.4, 0.5) is 0 Å². The summed E-state index contributed by atoms with van der Waals surface area (Å²) in [6.45, 7) is 18.3.